The van der Waals surface area contributed by atoms with Crippen molar-refractivity contribution < 1.29 is 33.8 Å². The van der Waals surface area contributed by atoms with E-state index in [1.165, 1.54) is 0 Å². The first-order valence-corrected chi connectivity index (χ1v) is 4.01. The number of ether oxygens (including phenoxy) is 2. The summed E-state index contributed by atoms with van der Waals surface area (Å²) in [5, 5.41) is 20.0. The number of H-pyrrole nitrogens is 1. The van der Waals surface area contributed by atoms with Gasteiger partial charge in [-0.1, -0.05) is 0 Å². The van der Waals surface area contributed by atoms with Crippen molar-refractivity contribution in [2.24, 2.45) is 0 Å². The van der Waals surface area contributed by atoms with E-state index in [9.17, 15) is 14.4 Å². The number of hydrogen-bond acceptors (Lipinski definition) is 8. The molecule has 86 valence electrons. The average Bonchev–Trinajstić information content (AvgIpc) is 2.58. The largest absolute Gasteiger partial charge is 0.411 e. The Hall–Kier alpha value is -2.13. The lowest BCUT2D eigenvalue weighted by Crippen LogP contribution is -2.45. The predicted molar refractivity (Wildman–Crippen MR) is 42.6 cm³/mol. The molecular formula is C7H5NO8. The van der Waals surface area contributed by atoms with E-state index in [4.69, 9.17) is 10.2 Å². The van der Waals surface area contributed by atoms with Crippen LogP contribution in [0.1, 0.15) is 0 Å². The molecule has 3 N–H and O–H groups in total. The third kappa shape index (κ3) is 1.47. The molecule has 9 nitrogen and oxygen atoms in total. The quantitative estimate of drug-likeness (QED) is 0.417. The van der Waals surface area contributed by atoms with Crippen LogP contribution < -0.4 is 15.0 Å². The van der Waals surface area contributed by atoms with Crippen LogP contribution in [0.25, 0.3) is 0 Å². The molecule has 0 spiro atoms. The van der Waals surface area contributed by atoms with Crippen LogP contribution in [0, 0.1) is 0 Å². The molecule has 0 amide bonds. The van der Waals surface area contributed by atoms with Gasteiger partial charge in [0.05, 0.1) is 0 Å². The van der Waals surface area contributed by atoms with Gasteiger partial charge in [-0.25, -0.2) is 9.59 Å². The summed E-state index contributed by atoms with van der Waals surface area (Å²) in [4.78, 5) is 33.2. The second kappa shape index (κ2) is 3.47. The van der Waals surface area contributed by atoms with Crippen LogP contribution >= 0.6 is 0 Å². The summed E-state index contributed by atoms with van der Waals surface area (Å²) < 4.78 is 13.1. The fraction of sp³-hybridized carbons (Fsp3) is 0.286. The number of aromatic nitrogens is 1. The molecule has 1 aliphatic rings. The lowest BCUT2D eigenvalue weighted by atomic mass is 10.2. The first-order chi connectivity index (χ1) is 7.50. The first kappa shape index (κ1) is 10.4. The zero-order valence-electron chi connectivity index (χ0n) is 7.50. The van der Waals surface area contributed by atoms with Crippen LogP contribution in [0.5, 0.6) is 11.7 Å². The Kier molecular flexibility index (Phi) is 2.25. The highest BCUT2D eigenvalue weighted by Crippen LogP contribution is 2.25. The molecular weight excluding hydrogens is 226 g/mol. The van der Waals surface area contributed by atoms with E-state index in [0.717, 1.165) is 0 Å². The normalized spacial score (nSPS) is 25.1. The van der Waals surface area contributed by atoms with Gasteiger partial charge in [0, 0.05) is 0 Å². The van der Waals surface area contributed by atoms with Crippen molar-refractivity contribution in [3.8, 4) is 11.7 Å². The molecule has 0 aromatic carbocycles. The fourth-order valence-electron chi connectivity index (χ4n) is 1.00. The molecule has 2 unspecified atom stereocenters. The summed E-state index contributed by atoms with van der Waals surface area (Å²) in [5.41, 5.74) is -0.945. The fourth-order valence-corrected chi connectivity index (χ4v) is 1.00. The van der Waals surface area contributed by atoms with Crippen LogP contribution in [0.15, 0.2) is 9.32 Å². The van der Waals surface area contributed by atoms with Crippen molar-refractivity contribution in [2.45, 2.75) is 12.2 Å². The lowest BCUT2D eigenvalue weighted by molar-refractivity contribution is -0.165. The monoisotopic (exact) mass is 231 g/mol. The maximum Gasteiger partial charge on any atom is 0.364 e. The van der Waals surface area contributed by atoms with Gasteiger partial charge in [-0.05, 0) is 0 Å². The molecule has 2 atom stereocenters. The maximum atomic E-state index is 11.1. The molecule has 0 aliphatic carbocycles. The Morgan fingerprint density at radius 3 is 2.19 bits per heavy atom. The summed E-state index contributed by atoms with van der Waals surface area (Å²) in [7, 11) is 0. The van der Waals surface area contributed by atoms with Gasteiger partial charge in [0.2, 0.25) is 0 Å². The van der Waals surface area contributed by atoms with E-state index in [1.54, 1.807) is 5.16 Å². The molecule has 9 heteroatoms. The van der Waals surface area contributed by atoms with Gasteiger partial charge >= 0.3 is 23.4 Å². The predicted octanol–water partition coefficient (Wildman–Crippen LogP) is -2.49. The number of aliphatic hydroxyl groups is 2. The maximum absolute atomic E-state index is 11.1. The van der Waals surface area contributed by atoms with Gasteiger partial charge < -0.3 is 24.2 Å². The SMILES string of the molecule is O=C1Oc2o[nH]c(=O)c2OC(=O)C(O)C1O. The summed E-state index contributed by atoms with van der Waals surface area (Å²) in [6.45, 7) is 0. The van der Waals surface area contributed by atoms with Gasteiger partial charge in [-0.15, -0.1) is 0 Å². The molecule has 0 radical (unpaired) electrons. The standard InChI is InChI=1S/C7H5NO8/c9-1-2(10)6(13)15-7-3(14-5(1)12)4(11)8-16-7/h1-2,9-10H,(H,8,11). The van der Waals surface area contributed by atoms with E-state index in [-0.39, 0.29) is 0 Å². The van der Waals surface area contributed by atoms with Crippen molar-refractivity contribution >= 4 is 11.9 Å². The number of carbonyl (C=O) groups is 2. The molecule has 0 fully saturated rings. The van der Waals surface area contributed by atoms with E-state index in [2.05, 4.69) is 14.0 Å². The topological polar surface area (TPSA) is 139 Å². The van der Waals surface area contributed by atoms with Crippen LogP contribution in [0.4, 0.5) is 0 Å². The van der Waals surface area contributed by atoms with Crippen molar-refractivity contribution in [3.63, 3.8) is 0 Å². The summed E-state index contributed by atoms with van der Waals surface area (Å²) >= 11 is 0. The number of nitrogens with one attached hydrogen (secondary N) is 1. The molecule has 0 saturated heterocycles. The third-order valence-corrected chi connectivity index (χ3v) is 1.81. The van der Waals surface area contributed by atoms with E-state index in [0.29, 0.717) is 0 Å². The number of esters is 2. The van der Waals surface area contributed by atoms with Gasteiger partial charge in [-0.3, -0.25) is 4.79 Å². The Morgan fingerprint density at radius 1 is 1.00 bits per heavy atom. The number of carbonyl (C=O) groups excluding carboxylic acids is 2. The second-order valence-corrected chi connectivity index (χ2v) is 2.88. The first-order valence-electron chi connectivity index (χ1n) is 4.01. The van der Waals surface area contributed by atoms with Crippen molar-refractivity contribution in [2.75, 3.05) is 0 Å². The van der Waals surface area contributed by atoms with Crippen LogP contribution in [-0.2, 0) is 9.59 Å². The third-order valence-electron chi connectivity index (χ3n) is 1.81. The van der Waals surface area contributed by atoms with Crippen molar-refractivity contribution in [1.82, 2.24) is 5.16 Å². The van der Waals surface area contributed by atoms with Crippen molar-refractivity contribution in [3.05, 3.63) is 10.4 Å². The number of aliphatic hydroxyl groups excluding tert-OH is 2. The highest BCUT2D eigenvalue weighted by Gasteiger charge is 2.39. The highest BCUT2D eigenvalue weighted by molar-refractivity contribution is 5.88. The summed E-state index contributed by atoms with van der Waals surface area (Å²) in [5.74, 6) is -4.08. The van der Waals surface area contributed by atoms with Gasteiger partial charge in [0.25, 0.3) is 5.75 Å². The van der Waals surface area contributed by atoms with E-state index >= 15 is 0 Å². The molecule has 16 heavy (non-hydrogen) atoms. The molecule has 1 aliphatic heterocycles. The molecule has 0 bridgehead atoms. The minimum Gasteiger partial charge on any atom is -0.411 e. The summed E-state index contributed by atoms with van der Waals surface area (Å²) in [6, 6.07) is 0. The Morgan fingerprint density at radius 2 is 1.56 bits per heavy atom. The number of rotatable bonds is 0. The smallest absolute Gasteiger partial charge is 0.364 e. The lowest BCUT2D eigenvalue weighted by Gasteiger charge is -2.16. The Bertz CT molecular complexity index is 499. The molecule has 1 aromatic heterocycles. The van der Waals surface area contributed by atoms with Crippen LogP contribution in [0.2, 0.25) is 0 Å². The minimum absolute atomic E-state index is 0.686. The summed E-state index contributed by atoms with van der Waals surface area (Å²) in [6.07, 6.45) is -4.24. The number of aromatic amines is 1. The molecule has 2 heterocycles. The zero-order chi connectivity index (χ0) is 11.9. The zero-order valence-corrected chi connectivity index (χ0v) is 7.50. The average molecular weight is 231 g/mol. The van der Waals surface area contributed by atoms with Gasteiger partial charge in [0.1, 0.15) is 0 Å². The van der Waals surface area contributed by atoms with Crippen LogP contribution in [-0.4, -0.2) is 39.5 Å². The van der Waals surface area contributed by atoms with Crippen LogP contribution in [0.3, 0.4) is 0 Å². The van der Waals surface area contributed by atoms with Crippen molar-refractivity contribution in [1.29, 1.82) is 0 Å². The molecule has 1 aromatic rings. The highest BCUT2D eigenvalue weighted by atomic mass is 16.7. The number of fused-ring (bicyclic) bond motifs is 1. The Balaban J connectivity index is 2.47. The van der Waals surface area contributed by atoms with Gasteiger partial charge in [0.15, 0.2) is 12.2 Å². The Labute approximate surface area is 86.2 Å². The minimum atomic E-state index is -2.13. The molecule has 0 saturated carbocycles. The molecule has 2 rings (SSSR count). The second-order valence-electron chi connectivity index (χ2n) is 2.88. The van der Waals surface area contributed by atoms with E-state index < -0.39 is 41.4 Å². The van der Waals surface area contributed by atoms with E-state index in [1.807, 2.05) is 0 Å². The van der Waals surface area contributed by atoms with Gasteiger partial charge in [-0.2, -0.15) is 5.16 Å². The number of hydrogen-bond donors (Lipinski definition) is 3.